The number of fused-ring (bicyclic) bond motifs is 1. The SMILES string of the molecule is CN(Cc1ccccc1)C(=O)Nc1cccc(C(=O)N2CCc3ccccc32)c1. The summed E-state index contributed by atoms with van der Waals surface area (Å²) in [6.45, 7) is 1.18. The first kappa shape index (κ1) is 18.7. The van der Waals surface area contributed by atoms with E-state index in [1.165, 1.54) is 5.56 Å². The molecule has 3 aromatic rings. The van der Waals surface area contributed by atoms with Gasteiger partial charge in [0.2, 0.25) is 0 Å². The van der Waals surface area contributed by atoms with Gasteiger partial charge in [-0.15, -0.1) is 0 Å². The van der Waals surface area contributed by atoms with Crippen LogP contribution in [0.15, 0.2) is 78.9 Å². The summed E-state index contributed by atoms with van der Waals surface area (Å²) in [5, 5.41) is 2.88. The molecule has 0 fully saturated rings. The minimum Gasteiger partial charge on any atom is -0.323 e. The number of carbonyl (C=O) groups excluding carboxylic acids is 2. The third-order valence-corrected chi connectivity index (χ3v) is 5.10. The van der Waals surface area contributed by atoms with E-state index in [4.69, 9.17) is 0 Å². The molecule has 0 spiro atoms. The molecule has 3 aromatic carbocycles. The first-order chi connectivity index (χ1) is 14.1. The van der Waals surface area contributed by atoms with Crippen LogP contribution in [0, 0.1) is 0 Å². The molecule has 0 aromatic heterocycles. The van der Waals surface area contributed by atoms with E-state index < -0.39 is 0 Å². The number of amides is 3. The van der Waals surface area contributed by atoms with Crippen molar-refractivity contribution in [1.29, 1.82) is 0 Å². The van der Waals surface area contributed by atoms with Crippen LogP contribution in [-0.2, 0) is 13.0 Å². The smallest absolute Gasteiger partial charge is 0.321 e. The van der Waals surface area contributed by atoms with Gasteiger partial charge in [-0.2, -0.15) is 0 Å². The van der Waals surface area contributed by atoms with Crippen LogP contribution < -0.4 is 10.2 Å². The molecule has 5 nitrogen and oxygen atoms in total. The maximum absolute atomic E-state index is 13.0. The molecule has 0 radical (unpaired) electrons. The lowest BCUT2D eigenvalue weighted by Crippen LogP contribution is -2.31. The van der Waals surface area contributed by atoms with Crippen LogP contribution in [0.5, 0.6) is 0 Å². The number of para-hydroxylation sites is 1. The van der Waals surface area contributed by atoms with Gasteiger partial charge in [0.05, 0.1) is 0 Å². The molecule has 0 unspecified atom stereocenters. The molecule has 0 atom stereocenters. The molecule has 5 heteroatoms. The number of hydrogen-bond acceptors (Lipinski definition) is 2. The highest BCUT2D eigenvalue weighted by Crippen LogP contribution is 2.29. The number of rotatable bonds is 4. The number of benzene rings is 3. The lowest BCUT2D eigenvalue weighted by molar-refractivity contribution is 0.0989. The van der Waals surface area contributed by atoms with Crippen molar-refractivity contribution in [2.45, 2.75) is 13.0 Å². The standard InChI is InChI=1S/C24H23N3O2/c1-26(17-18-8-3-2-4-9-18)24(29)25-21-12-7-11-20(16-21)23(28)27-15-14-19-10-5-6-13-22(19)27/h2-13,16H,14-15,17H2,1H3,(H,25,29). The summed E-state index contributed by atoms with van der Waals surface area (Å²) in [6, 6.07) is 24.7. The van der Waals surface area contributed by atoms with Gasteiger partial charge in [-0.3, -0.25) is 4.79 Å². The quantitative estimate of drug-likeness (QED) is 0.716. The summed E-state index contributed by atoms with van der Waals surface area (Å²) in [5.41, 5.74) is 4.38. The number of urea groups is 1. The van der Waals surface area contributed by atoms with Crippen LogP contribution in [0.2, 0.25) is 0 Å². The third kappa shape index (κ3) is 4.14. The summed E-state index contributed by atoms with van der Waals surface area (Å²) in [7, 11) is 1.75. The Morgan fingerprint density at radius 2 is 1.72 bits per heavy atom. The van der Waals surface area contributed by atoms with Crippen molar-refractivity contribution in [1.82, 2.24) is 4.90 Å². The monoisotopic (exact) mass is 385 g/mol. The van der Waals surface area contributed by atoms with Gasteiger partial charge in [-0.05, 0) is 41.8 Å². The van der Waals surface area contributed by atoms with Gasteiger partial charge in [-0.1, -0.05) is 54.6 Å². The highest BCUT2D eigenvalue weighted by atomic mass is 16.2. The van der Waals surface area contributed by atoms with Crippen molar-refractivity contribution < 1.29 is 9.59 Å². The van der Waals surface area contributed by atoms with E-state index >= 15 is 0 Å². The maximum atomic E-state index is 13.0. The number of nitrogens with zero attached hydrogens (tertiary/aromatic N) is 2. The van der Waals surface area contributed by atoms with Gasteiger partial charge >= 0.3 is 6.03 Å². The Morgan fingerprint density at radius 1 is 0.966 bits per heavy atom. The fraction of sp³-hybridized carbons (Fsp3) is 0.167. The van der Waals surface area contributed by atoms with Crippen LogP contribution in [-0.4, -0.2) is 30.4 Å². The first-order valence-electron chi connectivity index (χ1n) is 9.68. The van der Waals surface area contributed by atoms with Gasteiger partial charge < -0.3 is 15.1 Å². The van der Waals surface area contributed by atoms with Gasteiger partial charge in [0, 0.05) is 37.1 Å². The van der Waals surface area contributed by atoms with Crippen molar-refractivity contribution >= 4 is 23.3 Å². The molecular weight excluding hydrogens is 362 g/mol. The molecule has 4 rings (SSSR count). The molecular formula is C24H23N3O2. The normalized spacial score (nSPS) is 12.4. The topological polar surface area (TPSA) is 52.7 Å². The van der Waals surface area contributed by atoms with Crippen molar-refractivity contribution in [3.63, 3.8) is 0 Å². The molecule has 1 N–H and O–H groups in total. The zero-order valence-corrected chi connectivity index (χ0v) is 16.3. The predicted octanol–water partition coefficient (Wildman–Crippen LogP) is 4.55. The first-order valence-corrected chi connectivity index (χ1v) is 9.68. The highest BCUT2D eigenvalue weighted by molar-refractivity contribution is 6.08. The Morgan fingerprint density at radius 3 is 2.55 bits per heavy atom. The maximum Gasteiger partial charge on any atom is 0.321 e. The highest BCUT2D eigenvalue weighted by Gasteiger charge is 2.25. The summed E-state index contributed by atoms with van der Waals surface area (Å²) >= 11 is 0. The van der Waals surface area contributed by atoms with Crippen molar-refractivity contribution in [2.24, 2.45) is 0 Å². The van der Waals surface area contributed by atoms with E-state index in [-0.39, 0.29) is 11.9 Å². The number of hydrogen-bond donors (Lipinski definition) is 1. The summed E-state index contributed by atoms with van der Waals surface area (Å²) in [6.07, 6.45) is 0.864. The molecule has 0 aliphatic carbocycles. The Kier molecular flexibility index (Phi) is 5.29. The summed E-state index contributed by atoms with van der Waals surface area (Å²) in [5.74, 6) is -0.0521. The molecule has 3 amide bonds. The lowest BCUT2D eigenvalue weighted by atomic mass is 10.1. The third-order valence-electron chi connectivity index (χ3n) is 5.10. The van der Waals surface area contributed by atoms with E-state index in [0.717, 1.165) is 17.7 Å². The summed E-state index contributed by atoms with van der Waals surface area (Å²) < 4.78 is 0. The van der Waals surface area contributed by atoms with E-state index in [1.807, 2.05) is 48.5 Å². The molecule has 0 saturated heterocycles. The number of carbonyl (C=O) groups is 2. The predicted molar refractivity (Wildman–Crippen MR) is 115 cm³/mol. The van der Waals surface area contributed by atoms with Gasteiger partial charge in [0.15, 0.2) is 0 Å². The molecule has 1 aliphatic heterocycles. The van der Waals surface area contributed by atoms with Crippen molar-refractivity contribution in [3.8, 4) is 0 Å². The largest absolute Gasteiger partial charge is 0.323 e. The fourth-order valence-electron chi connectivity index (χ4n) is 3.58. The molecule has 1 aliphatic rings. The van der Waals surface area contributed by atoms with Gasteiger partial charge in [0.25, 0.3) is 5.91 Å². The molecule has 0 saturated carbocycles. The van der Waals surface area contributed by atoms with Crippen molar-refractivity contribution in [2.75, 3.05) is 23.8 Å². The van der Waals surface area contributed by atoms with Crippen LogP contribution in [0.3, 0.4) is 0 Å². The average molecular weight is 385 g/mol. The Balaban J connectivity index is 1.45. The van der Waals surface area contributed by atoms with E-state index in [0.29, 0.717) is 24.3 Å². The van der Waals surface area contributed by atoms with Crippen LogP contribution in [0.4, 0.5) is 16.2 Å². The molecule has 146 valence electrons. The molecule has 0 bridgehead atoms. The Bertz CT molecular complexity index is 1030. The van der Waals surface area contributed by atoms with Crippen LogP contribution in [0.1, 0.15) is 21.5 Å². The van der Waals surface area contributed by atoms with E-state index in [1.54, 1.807) is 41.1 Å². The average Bonchev–Trinajstić information content (AvgIpc) is 3.18. The minimum absolute atomic E-state index is 0.0521. The lowest BCUT2D eigenvalue weighted by Gasteiger charge is -2.19. The van der Waals surface area contributed by atoms with E-state index in [2.05, 4.69) is 11.4 Å². The Hall–Kier alpha value is -3.60. The Labute approximate surface area is 170 Å². The van der Waals surface area contributed by atoms with Crippen LogP contribution in [0.25, 0.3) is 0 Å². The van der Waals surface area contributed by atoms with Crippen molar-refractivity contribution in [3.05, 3.63) is 95.6 Å². The zero-order chi connectivity index (χ0) is 20.2. The number of nitrogens with one attached hydrogen (secondary N) is 1. The minimum atomic E-state index is -0.218. The van der Waals surface area contributed by atoms with Crippen LogP contribution >= 0.6 is 0 Å². The molecule has 1 heterocycles. The number of anilines is 2. The second-order valence-corrected chi connectivity index (χ2v) is 7.19. The second kappa shape index (κ2) is 8.19. The fourth-order valence-corrected chi connectivity index (χ4v) is 3.58. The second-order valence-electron chi connectivity index (χ2n) is 7.19. The van der Waals surface area contributed by atoms with Gasteiger partial charge in [-0.25, -0.2) is 4.79 Å². The summed E-state index contributed by atoms with van der Waals surface area (Å²) in [4.78, 5) is 29.0. The zero-order valence-electron chi connectivity index (χ0n) is 16.3. The van der Waals surface area contributed by atoms with Gasteiger partial charge in [0.1, 0.15) is 0 Å². The molecule has 29 heavy (non-hydrogen) atoms. The van der Waals surface area contributed by atoms with E-state index in [9.17, 15) is 9.59 Å².